The number of thiocarbonyl (C=S) groups is 1. The summed E-state index contributed by atoms with van der Waals surface area (Å²) in [7, 11) is 1.57. The maximum atomic E-state index is 12.8. The molecule has 0 radical (unpaired) electrons. The lowest BCUT2D eigenvalue weighted by Gasteiger charge is -2.14. The van der Waals surface area contributed by atoms with Gasteiger partial charge in [0.15, 0.2) is 10.7 Å². The van der Waals surface area contributed by atoms with Gasteiger partial charge in [-0.25, -0.2) is 4.98 Å². The maximum Gasteiger partial charge on any atom is 0.257 e. The Morgan fingerprint density at radius 2 is 1.89 bits per heavy atom. The fourth-order valence-corrected chi connectivity index (χ4v) is 4.06. The molecule has 0 bridgehead atoms. The number of nitrogens with zero attached hydrogens (tertiary/aromatic N) is 1. The number of hydrogen-bond donors (Lipinski definition) is 2. The third-order valence-electron chi connectivity index (χ3n) is 5.98. The summed E-state index contributed by atoms with van der Waals surface area (Å²) in [5, 5.41) is 5.90. The molecule has 0 saturated heterocycles. The average Bonchev–Trinajstić information content (AvgIpc) is 3.31. The molecule has 1 heterocycles. The first kappa shape index (κ1) is 26.2. The van der Waals surface area contributed by atoms with Crippen molar-refractivity contribution in [1.29, 1.82) is 0 Å². The van der Waals surface area contributed by atoms with Gasteiger partial charge in [-0.3, -0.25) is 10.1 Å². The van der Waals surface area contributed by atoms with Crippen molar-refractivity contribution in [3.05, 3.63) is 71.8 Å². The molecule has 0 saturated carbocycles. The Balaban J connectivity index is 1.53. The van der Waals surface area contributed by atoms with Crippen LogP contribution >= 0.6 is 12.2 Å². The molecule has 4 rings (SSSR count). The van der Waals surface area contributed by atoms with Gasteiger partial charge in [0.25, 0.3) is 5.91 Å². The molecule has 3 aromatic carbocycles. The van der Waals surface area contributed by atoms with Crippen molar-refractivity contribution in [1.82, 2.24) is 10.3 Å². The van der Waals surface area contributed by atoms with Gasteiger partial charge in [-0.15, -0.1) is 0 Å². The SMILES string of the molecule is CCC(C)c1ccc2oc(-c3ccc(OC)c(NC(=S)NC(=O)c4cccc(OC(C)C)c4)c3)nc2c1. The highest BCUT2D eigenvalue weighted by Gasteiger charge is 2.15. The van der Waals surface area contributed by atoms with E-state index in [1.807, 2.05) is 32.0 Å². The number of carbonyl (C=O) groups is 1. The summed E-state index contributed by atoms with van der Waals surface area (Å²) >= 11 is 5.42. The third kappa shape index (κ3) is 6.27. The Kier molecular flexibility index (Phi) is 8.08. The predicted molar refractivity (Wildman–Crippen MR) is 151 cm³/mol. The monoisotopic (exact) mass is 517 g/mol. The van der Waals surface area contributed by atoms with Crippen LogP contribution in [0, 0.1) is 0 Å². The van der Waals surface area contributed by atoms with Gasteiger partial charge in [0.1, 0.15) is 17.0 Å². The number of oxazole rings is 1. The molecule has 192 valence electrons. The molecule has 7 nitrogen and oxygen atoms in total. The number of ether oxygens (including phenoxy) is 2. The Labute approximate surface area is 222 Å². The van der Waals surface area contributed by atoms with Gasteiger partial charge in [-0.2, -0.15) is 0 Å². The zero-order chi connectivity index (χ0) is 26.5. The quantitative estimate of drug-likeness (QED) is 0.245. The van der Waals surface area contributed by atoms with Crippen molar-refractivity contribution in [3.63, 3.8) is 0 Å². The fourth-order valence-electron chi connectivity index (χ4n) is 3.86. The Morgan fingerprint density at radius 3 is 2.62 bits per heavy atom. The number of rotatable bonds is 8. The molecule has 0 aliphatic carbocycles. The van der Waals surface area contributed by atoms with Gasteiger partial charge in [0.05, 0.1) is 18.9 Å². The van der Waals surface area contributed by atoms with E-state index < -0.39 is 0 Å². The second-order valence-electron chi connectivity index (χ2n) is 9.07. The van der Waals surface area contributed by atoms with Crippen LogP contribution in [0.4, 0.5) is 5.69 Å². The summed E-state index contributed by atoms with van der Waals surface area (Å²) in [6.45, 7) is 8.22. The average molecular weight is 518 g/mol. The minimum absolute atomic E-state index is 0.00370. The standard InChI is InChI=1S/C29H31N3O4S/c1-6-18(4)19-10-13-26-24(15-19)30-28(36-26)21-11-12-25(34-5)23(16-21)31-29(37)32-27(33)20-8-7-9-22(14-20)35-17(2)3/h7-18H,6H2,1-5H3,(H2,31,32,33,37). The van der Waals surface area contributed by atoms with Crippen LogP contribution in [0.5, 0.6) is 11.5 Å². The summed E-state index contributed by atoms with van der Waals surface area (Å²) in [6.07, 6.45) is 1.06. The lowest BCUT2D eigenvalue weighted by Crippen LogP contribution is -2.34. The molecule has 2 N–H and O–H groups in total. The minimum Gasteiger partial charge on any atom is -0.495 e. The van der Waals surface area contributed by atoms with E-state index in [0.717, 1.165) is 23.1 Å². The van der Waals surface area contributed by atoms with Crippen LogP contribution in [0.1, 0.15) is 56.0 Å². The van der Waals surface area contributed by atoms with Crippen LogP contribution < -0.4 is 20.1 Å². The van der Waals surface area contributed by atoms with Crippen molar-refractivity contribution in [2.45, 2.75) is 46.1 Å². The van der Waals surface area contributed by atoms with Crippen LogP contribution in [0.15, 0.2) is 65.1 Å². The zero-order valence-corrected chi connectivity index (χ0v) is 22.4. The van der Waals surface area contributed by atoms with E-state index in [9.17, 15) is 4.79 Å². The second kappa shape index (κ2) is 11.4. The van der Waals surface area contributed by atoms with E-state index in [1.54, 1.807) is 37.4 Å². The van der Waals surface area contributed by atoms with E-state index >= 15 is 0 Å². The molecular formula is C29H31N3O4S. The molecule has 1 unspecified atom stereocenters. The topological polar surface area (TPSA) is 85.6 Å². The van der Waals surface area contributed by atoms with Gasteiger partial charge >= 0.3 is 0 Å². The first-order valence-corrected chi connectivity index (χ1v) is 12.7. The summed E-state index contributed by atoms with van der Waals surface area (Å²) in [6, 6.07) is 18.6. The van der Waals surface area contributed by atoms with Crippen LogP contribution in [0.25, 0.3) is 22.6 Å². The zero-order valence-electron chi connectivity index (χ0n) is 21.6. The largest absolute Gasteiger partial charge is 0.495 e. The van der Waals surface area contributed by atoms with Crippen LogP contribution in [-0.4, -0.2) is 29.2 Å². The molecule has 0 aliphatic rings. The van der Waals surface area contributed by atoms with Gasteiger partial charge in [0, 0.05) is 11.1 Å². The molecule has 1 amide bonds. The first-order valence-electron chi connectivity index (χ1n) is 12.2. The Hall–Kier alpha value is -3.91. The normalized spacial score (nSPS) is 11.8. The number of benzene rings is 3. The molecule has 1 atom stereocenters. The van der Waals surface area contributed by atoms with Crippen molar-refractivity contribution in [2.24, 2.45) is 0 Å². The third-order valence-corrected chi connectivity index (χ3v) is 6.19. The van der Waals surface area contributed by atoms with E-state index in [0.29, 0.717) is 34.6 Å². The van der Waals surface area contributed by atoms with E-state index in [-0.39, 0.29) is 17.1 Å². The van der Waals surface area contributed by atoms with Crippen molar-refractivity contribution in [3.8, 4) is 23.0 Å². The van der Waals surface area contributed by atoms with Crippen molar-refractivity contribution < 1.29 is 18.7 Å². The number of hydrogen-bond acceptors (Lipinski definition) is 6. The number of aromatic nitrogens is 1. The highest BCUT2D eigenvalue weighted by molar-refractivity contribution is 7.80. The lowest BCUT2D eigenvalue weighted by atomic mass is 9.98. The second-order valence-corrected chi connectivity index (χ2v) is 9.48. The molecule has 0 aliphatic heterocycles. The van der Waals surface area contributed by atoms with Gasteiger partial charge in [0.2, 0.25) is 5.89 Å². The number of carbonyl (C=O) groups excluding carboxylic acids is 1. The minimum atomic E-state index is -0.349. The summed E-state index contributed by atoms with van der Waals surface area (Å²) in [4.78, 5) is 17.5. The van der Waals surface area contributed by atoms with Crippen LogP contribution in [0.3, 0.4) is 0 Å². The maximum absolute atomic E-state index is 12.8. The molecule has 37 heavy (non-hydrogen) atoms. The van der Waals surface area contributed by atoms with Crippen LogP contribution in [-0.2, 0) is 0 Å². The number of amides is 1. The molecular weight excluding hydrogens is 486 g/mol. The van der Waals surface area contributed by atoms with Crippen molar-refractivity contribution >= 4 is 40.0 Å². The van der Waals surface area contributed by atoms with E-state index in [2.05, 4.69) is 36.6 Å². The van der Waals surface area contributed by atoms with E-state index in [1.165, 1.54) is 5.56 Å². The lowest BCUT2D eigenvalue weighted by molar-refractivity contribution is 0.0977. The van der Waals surface area contributed by atoms with E-state index in [4.69, 9.17) is 31.1 Å². The smallest absolute Gasteiger partial charge is 0.257 e. The van der Waals surface area contributed by atoms with Gasteiger partial charge in [-0.1, -0.05) is 26.0 Å². The molecule has 0 spiro atoms. The summed E-state index contributed by atoms with van der Waals surface area (Å²) < 4.78 is 17.2. The summed E-state index contributed by atoms with van der Waals surface area (Å²) in [5.74, 6) is 1.76. The van der Waals surface area contributed by atoms with Gasteiger partial charge in [-0.05, 0) is 92.5 Å². The van der Waals surface area contributed by atoms with Gasteiger partial charge < -0.3 is 19.2 Å². The molecule has 4 aromatic rings. The molecule has 8 heteroatoms. The first-order chi connectivity index (χ1) is 17.8. The molecule has 0 fully saturated rings. The van der Waals surface area contributed by atoms with Crippen LogP contribution in [0.2, 0.25) is 0 Å². The molecule has 1 aromatic heterocycles. The summed E-state index contributed by atoms with van der Waals surface area (Å²) in [5.41, 5.74) is 4.52. The Morgan fingerprint density at radius 1 is 1.08 bits per heavy atom. The number of anilines is 1. The number of methoxy groups -OCH3 is 1. The Bertz CT molecular complexity index is 1430. The number of nitrogens with one attached hydrogen (secondary N) is 2. The van der Waals surface area contributed by atoms with Crippen molar-refractivity contribution in [2.75, 3.05) is 12.4 Å². The highest BCUT2D eigenvalue weighted by atomic mass is 32.1. The number of fused-ring (bicyclic) bond motifs is 1. The predicted octanol–water partition coefficient (Wildman–Crippen LogP) is 6.93. The highest BCUT2D eigenvalue weighted by Crippen LogP contribution is 2.33. The fraction of sp³-hybridized carbons (Fsp3) is 0.276.